The molecule has 1 aromatic carbocycles. The maximum absolute atomic E-state index is 12.6. The van der Waals surface area contributed by atoms with Crippen molar-refractivity contribution in [1.82, 2.24) is 0 Å². The van der Waals surface area contributed by atoms with Gasteiger partial charge in [0.15, 0.2) is 0 Å². The van der Waals surface area contributed by atoms with Gasteiger partial charge in [-0.1, -0.05) is 18.2 Å². The van der Waals surface area contributed by atoms with Crippen LogP contribution >= 0.6 is 22.7 Å². The Labute approximate surface area is 152 Å². The van der Waals surface area contributed by atoms with E-state index in [1.54, 1.807) is 24.3 Å². The number of rotatable bonds is 5. The van der Waals surface area contributed by atoms with Gasteiger partial charge < -0.3 is 14.8 Å². The van der Waals surface area contributed by atoms with Crippen LogP contribution in [0.5, 0.6) is 5.75 Å². The zero-order valence-corrected chi connectivity index (χ0v) is 15.2. The van der Waals surface area contributed by atoms with Crippen molar-refractivity contribution in [1.29, 1.82) is 0 Å². The van der Waals surface area contributed by atoms with Crippen LogP contribution in [0.3, 0.4) is 0 Å². The minimum absolute atomic E-state index is 0.345. The van der Waals surface area contributed by atoms with Gasteiger partial charge in [-0.3, -0.25) is 4.79 Å². The van der Waals surface area contributed by atoms with E-state index in [9.17, 15) is 9.59 Å². The first-order valence-electron chi connectivity index (χ1n) is 7.33. The average molecular weight is 373 g/mol. The van der Waals surface area contributed by atoms with E-state index in [0.29, 0.717) is 21.9 Å². The van der Waals surface area contributed by atoms with E-state index >= 15 is 0 Å². The smallest absolute Gasteiger partial charge is 0.341 e. The van der Waals surface area contributed by atoms with Gasteiger partial charge in [0, 0.05) is 15.8 Å². The Morgan fingerprint density at radius 3 is 2.52 bits per heavy atom. The molecular formula is C18H15NO4S2. The Morgan fingerprint density at radius 1 is 1.04 bits per heavy atom. The van der Waals surface area contributed by atoms with Gasteiger partial charge in [0.25, 0.3) is 5.91 Å². The molecule has 0 saturated carbocycles. The van der Waals surface area contributed by atoms with Crippen molar-refractivity contribution >= 4 is 39.6 Å². The third kappa shape index (κ3) is 3.42. The van der Waals surface area contributed by atoms with E-state index in [1.165, 1.54) is 36.9 Å². The zero-order valence-electron chi connectivity index (χ0n) is 13.6. The van der Waals surface area contributed by atoms with Crippen molar-refractivity contribution in [2.45, 2.75) is 0 Å². The summed E-state index contributed by atoms with van der Waals surface area (Å²) in [6.07, 6.45) is 0. The van der Waals surface area contributed by atoms with Gasteiger partial charge in [-0.2, -0.15) is 0 Å². The molecule has 3 aromatic rings. The average Bonchev–Trinajstić information content (AvgIpc) is 3.30. The molecule has 25 heavy (non-hydrogen) atoms. The summed E-state index contributed by atoms with van der Waals surface area (Å²) in [6, 6.07) is 10.7. The van der Waals surface area contributed by atoms with Crippen LogP contribution in [0.15, 0.2) is 47.2 Å². The number of thiophene rings is 2. The zero-order chi connectivity index (χ0) is 17.8. The molecule has 0 atom stereocenters. The summed E-state index contributed by atoms with van der Waals surface area (Å²) in [7, 11) is 2.83. The molecular weight excluding hydrogens is 358 g/mol. The van der Waals surface area contributed by atoms with Crippen LogP contribution in [0.2, 0.25) is 0 Å². The number of benzene rings is 1. The molecule has 128 valence electrons. The fourth-order valence-corrected chi connectivity index (χ4v) is 4.14. The Bertz CT molecular complexity index is 900. The second kappa shape index (κ2) is 7.50. The van der Waals surface area contributed by atoms with E-state index in [2.05, 4.69) is 5.32 Å². The standard InChI is InChI=1S/C18H15NO4S2/c1-22-13-7-4-3-6-11(13)16(20)19-17-15(18(21)23-2)12(10-25-17)14-8-5-9-24-14/h3-10H,1-2H3,(H,19,20). The third-order valence-electron chi connectivity index (χ3n) is 3.55. The largest absolute Gasteiger partial charge is 0.496 e. The maximum Gasteiger partial charge on any atom is 0.341 e. The molecule has 5 nitrogen and oxygen atoms in total. The highest BCUT2D eigenvalue weighted by Gasteiger charge is 2.23. The SMILES string of the molecule is COC(=O)c1c(-c2cccs2)csc1NC(=O)c1ccccc1OC. The predicted octanol–water partition coefficient (Wildman–Crippen LogP) is 4.52. The highest BCUT2D eigenvalue weighted by molar-refractivity contribution is 7.17. The van der Waals surface area contributed by atoms with Crippen molar-refractivity contribution in [3.8, 4) is 16.2 Å². The van der Waals surface area contributed by atoms with Gasteiger partial charge in [-0.15, -0.1) is 22.7 Å². The molecule has 2 heterocycles. The van der Waals surface area contributed by atoms with E-state index in [-0.39, 0.29) is 5.91 Å². The van der Waals surface area contributed by atoms with Gasteiger partial charge in [0.05, 0.1) is 19.8 Å². The highest BCUT2D eigenvalue weighted by Crippen LogP contribution is 2.38. The van der Waals surface area contributed by atoms with Gasteiger partial charge in [0.2, 0.25) is 0 Å². The van der Waals surface area contributed by atoms with Crippen LogP contribution in [-0.4, -0.2) is 26.1 Å². The Balaban J connectivity index is 1.98. The Kier molecular flexibility index (Phi) is 5.16. The van der Waals surface area contributed by atoms with Crippen LogP contribution in [0.1, 0.15) is 20.7 Å². The summed E-state index contributed by atoms with van der Waals surface area (Å²) in [4.78, 5) is 25.8. The summed E-state index contributed by atoms with van der Waals surface area (Å²) in [5, 5.41) is 7.03. The van der Waals surface area contributed by atoms with Gasteiger partial charge in [-0.25, -0.2) is 4.79 Å². The minimum Gasteiger partial charge on any atom is -0.496 e. The summed E-state index contributed by atoms with van der Waals surface area (Å²) >= 11 is 2.81. The number of hydrogen-bond acceptors (Lipinski definition) is 6. The van der Waals surface area contributed by atoms with Crippen LogP contribution in [0.25, 0.3) is 10.4 Å². The molecule has 0 unspecified atom stereocenters. The predicted molar refractivity (Wildman–Crippen MR) is 99.9 cm³/mol. The summed E-state index contributed by atoms with van der Waals surface area (Å²) in [5.74, 6) is -0.364. The lowest BCUT2D eigenvalue weighted by atomic mass is 10.1. The van der Waals surface area contributed by atoms with Crippen molar-refractivity contribution in [3.05, 3.63) is 58.3 Å². The number of methoxy groups -OCH3 is 2. The number of carbonyl (C=O) groups is 2. The molecule has 0 saturated heterocycles. The highest BCUT2D eigenvalue weighted by atomic mass is 32.1. The summed E-state index contributed by atoms with van der Waals surface area (Å²) in [6.45, 7) is 0. The molecule has 0 aliphatic heterocycles. The lowest BCUT2D eigenvalue weighted by molar-refractivity contribution is 0.0603. The maximum atomic E-state index is 12.6. The van der Waals surface area contributed by atoms with Crippen molar-refractivity contribution in [2.24, 2.45) is 0 Å². The number of ether oxygens (including phenoxy) is 2. The lowest BCUT2D eigenvalue weighted by Gasteiger charge is -2.09. The second-order valence-corrected chi connectivity index (χ2v) is 6.80. The quantitative estimate of drug-likeness (QED) is 0.668. The molecule has 3 rings (SSSR count). The van der Waals surface area contributed by atoms with Gasteiger partial charge in [-0.05, 0) is 23.6 Å². The number of para-hydroxylation sites is 1. The van der Waals surface area contributed by atoms with Crippen LogP contribution < -0.4 is 10.1 Å². The number of hydrogen-bond donors (Lipinski definition) is 1. The number of amides is 1. The molecule has 0 spiro atoms. The summed E-state index contributed by atoms with van der Waals surface area (Å²) in [5.41, 5.74) is 1.51. The fraction of sp³-hybridized carbons (Fsp3) is 0.111. The molecule has 1 N–H and O–H groups in total. The molecule has 0 fully saturated rings. The number of carbonyl (C=O) groups excluding carboxylic acids is 2. The third-order valence-corrected chi connectivity index (χ3v) is 5.34. The molecule has 7 heteroatoms. The van der Waals surface area contributed by atoms with Gasteiger partial charge >= 0.3 is 5.97 Å². The first-order valence-corrected chi connectivity index (χ1v) is 9.09. The molecule has 0 radical (unpaired) electrons. The van der Waals surface area contributed by atoms with E-state index in [0.717, 1.165) is 10.4 Å². The number of esters is 1. The molecule has 0 bridgehead atoms. The Morgan fingerprint density at radius 2 is 1.84 bits per heavy atom. The van der Waals surface area contributed by atoms with Crippen LogP contribution in [-0.2, 0) is 4.74 Å². The number of anilines is 1. The Hall–Kier alpha value is -2.64. The first-order chi connectivity index (χ1) is 12.2. The lowest BCUT2D eigenvalue weighted by Crippen LogP contribution is -2.15. The van der Waals surface area contributed by atoms with Crippen molar-refractivity contribution in [3.63, 3.8) is 0 Å². The normalized spacial score (nSPS) is 10.3. The summed E-state index contributed by atoms with van der Waals surface area (Å²) < 4.78 is 10.1. The molecule has 0 aliphatic carbocycles. The van der Waals surface area contributed by atoms with Gasteiger partial charge in [0.1, 0.15) is 16.3 Å². The fourth-order valence-electron chi connectivity index (χ4n) is 2.37. The van der Waals surface area contributed by atoms with E-state index in [1.807, 2.05) is 22.9 Å². The minimum atomic E-state index is -0.486. The van der Waals surface area contributed by atoms with E-state index < -0.39 is 5.97 Å². The molecule has 2 aromatic heterocycles. The van der Waals surface area contributed by atoms with Crippen molar-refractivity contribution in [2.75, 3.05) is 19.5 Å². The van der Waals surface area contributed by atoms with Crippen LogP contribution in [0, 0.1) is 0 Å². The monoisotopic (exact) mass is 373 g/mol. The molecule has 1 amide bonds. The number of nitrogens with one attached hydrogen (secondary N) is 1. The topological polar surface area (TPSA) is 64.6 Å². The first kappa shape index (κ1) is 17.2. The van der Waals surface area contributed by atoms with Crippen LogP contribution in [0.4, 0.5) is 5.00 Å². The van der Waals surface area contributed by atoms with Crippen molar-refractivity contribution < 1.29 is 19.1 Å². The molecule has 0 aliphatic rings. The van der Waals surface area contributed by atoms with E-state index in [4.69, 9.17) is 9.47 Å². The second-order valence-electron chi connectivity index (χ2n) is 4.98.